The van der Waals surface area contributed by atoms with Gasteiger partial charge in [-0.15, -0.1) is 19.7 Å². The molecule has 4 aliphatic rings. The van der Waals surface area contributed by atoms with Crippen molar-refractivity contribution in [2.45, 2.75) is 149 Å². The number of rotatable bonds is 22. The van der Waals surface area contributed by atoms with Gasteiger partial charge in [-0.3, -0.25) is 4.79 Å². The average molecular weight is 730 g/mol. The highest BCUT2D eigenvalue weighted by Crippen LogP contribution is 2.69. The highest BCUT2D eigenvalue weighted by Gasteiger charge is 2.66. The Hall–Kier alpha value is -2.21. The minimum atomic E-state index is 0.0259. The van der Waals surface area contributed by atoms with Gasteiger partial charge in [-0.25, -0.2) is 0 Å². The number of benzene rings is 1. The van der Waals surface area contributed by atoms with E-state index in [0.29, 0.717) is 80.3 Å². The molecule has 11 atom stereocenters. The molecule has 4 aliphatic carbocycles. The quantitative estimate of drug-likeness (QED) is 0.0881. The predicted octanol–water partition coefficient (Wildman–Crippen LogP) is 11.4. The zero-order chi connectivity index (χ0) is 37.8. The molecule has 0 N–H and O–H groups in total. The number of ether oxygens (including phenoxy) is 3. The van der Waals surface area contributed by atoms with Crippen molar-refractivity contribution in [1.29, 1.82) is 0 Å². The standard InChI is InChI=1S/C48H75NO4/c1-8-12-13-14-15-19-28-49(35-37-20-17-16-18-21-37)45(50)25-22-36(5)40-23-24-41-46-42(34-44(48(40,41)7)53-31-11-4)47(6)27-26-39(51-29-9-2)32-38(47)33-43(46)52-30-10-3/h9-11,16-18,20-21,36,38-44,46H,2-4,8,12-15,19,22-35H2,1,5-7H3/t36?,38?,39-,40-,41+,42+,43-,44+,46?,47?,48-/m1/s1. The van der Waals surface area contributed by atoms with Crippen LogP contribution in [0.2, 0.25) is 0 Å². The van der Waals surface area contributed by atoms with Crippen molar-refractivity contribution in [1.82, 2.24) is 4.90 Å². The molecule has 0 heterocycles. The third-order valence-corrected chi connectivity index (χ3v) is 14.9. The molecule has 1 amide bonds. The summed E-state index contributed by atoms with van der Waals surface area (Å²) >= 11 is 0. The van der Waals surface area contributed by atoms with Gasteiger partial charge in [0, 0.05) is 24.9 Å². The van der Waals surface area contributed by atoms with E-state index in [1.807, 2.05) is 18.2 Å². The Morgan fingerprint density at radius 2 is 1.57 bits per heavy atom. The van der Waals surface area contributed by atoms with E-state index < -0.39 is 0 Å². The molecule has 0 aromatic heterocycles. The zero-order valence-corrected chi connectivity index (χ0v) is 34.2. The largest absolute Gasteiger partial charge is 0.374 e. The van der Waals surface area contributed by atoms with Crippen molar-refractivity contribution in [3.63, 3.8) is 0 Å². The summed E-state index contributed by atoms with van der Waals surface area (Å²) in [6.07, 6.45) is 23.4. The minimum absolute atomic E-state index is 0.0259. The van der Waals surface area contributed by atoms with Crippen LogP contribution in [0.15, 0.2) is 68.3 Å². The van der Waals surface area contributed by atoms with Gasteiger partial charge < -0.3 is 19.1 Å². The van der Waals surface area contributed by atoms with E-state index in [2.05, 4.69) is 82.7 Å². The van der Waals surface area contributed by atoms with Crippen LogP contribution >= 0.6 is 0 Å². The summed E-state index contributed by atoms with van der Waals surface area (Å²) in [5.74, 6) is 3.42. The van der Waals surface area contributed by atoms with Gasteiger partial charge in [-0.1, -0.05) is 108 Å². The number of fused-ring (bicyclic) bond motifs is 5. The molecule has 296 valence electrons. The summed E-state index contributed by atoms with van der Waals surface area (Å²) < 4.78 is 20.0. The normalized spacial score (nSPS) is 34.0. The van der Waals surface area contributed by atoms with E-state index in [0.717, 1.165) is 45.1 Å². The molecule has 5 rings (SSSR count). The van der Waals surface area contributed by atoms with Crippen molar-refractivity contribution in [2.24, 2.45) is 46.3 Å². The number of nitrogens with zero attached hydrogens (tertiary/aromatic N) is 1. The average Bonchev–Trinajstić information content (AvgIpc) is 3.53. The minimum Gasteiger partial charge on any atom is -0.374 e. The van der Waals surface area contributed by atoms with Crippen molar-refractivity contribution >= 4 is 5.91 Å². The highest BCUT2D eigenvalue weighted by atomic mass is 16.5. The van der Waals surface area contributed by atoms with Gasteiger partial charge in [-0.05, 0) is 104 Å². The Morgan fingerprint density at radius 1 is 0.868 bits per heavy atom. The van der Waals surface area contributed by atoms with Crippen LogP contribution in [0.1, 0.15) is 130 Å². The molecule has 0 aliphatic heterocycles. The molecule has 4 fully saturated rings. The number of carbonyl (C=O) groups is 1. The third-order valence-electron chi connectivity index (χ3n) is 14.9. The van der Waals surface area contributed by atoms with Crippen molar-refractivity contribution < 1.29 is 19.0 Å². The van der Waals surface area contributed by atoms with E-state index in [1.165, 1.54) is 56.9 Å². The summed E-state index contributed by atoms with van der Waals surface area (Å²) in [5, 5.41) is 0. The number of unbranched alkanes of at least 4 members (excludes halogenated alkanes) is 5. The Morgan fingerprint density at radius 3 is 2.30 bits per heavy atom. The fourth-order valence-corrected chi connectivity index (χ4v) is 12.1. The molecule has 0 spiro atoms. The van der Waals surface area contributed by atoms with Crippen LogP contribution in [0.5, 0.6) is 0 Å². The lowest BCUT2D eigenvalue weighted by molar-refractivity contribution is -0.223. The number of hydrogen-bond donors (Lipinski definition) is 0. The van der Waals surface area contributed by atoms with Gasteiger partial charge in [0.2, 0.25) is 5.91 Å². The Kier molecular flexibility index (Phi) is 15.9. The van der Waals surface area contributed by atoms with Crippen LogP contribution < -0.4 is 0 Å². The molecular weight excluding hydrogens is 655 g/mol. The smallest absolute Gasteiger partial charge is 0.222 e. The van der Waals surface area contributed by atoms with Gasteiger partial charge in [0.15, 0.2) is 0 Å². The lowest BCUT2D eigenvalue weighted by Crippen LogP contribution is -2.63. The maximum Gasteiger partial charge on any atom is 0.222 e. The van der Waals surface area contributed by atoms with Gasteiger partial charge in [0.1, 0.15) is 0 Å². The monoisotopic (exact) mass is 730 g/mol. The topological polar surface area (TPSA) is 48.0 Å². The first kappa shape index (κ1) is 41.9. The highest BCUT2D eigenvalue weighted by molar-refractivity contribution is 5.76. The molecule has 0 bridgehead atoms. The second-order valence-corrected chi connectivity index (χ2v) is 17.9. The molecule has 5 nitrogen and oxygen atoms in total. The van der Waals surface area contributed by atoms with Crippen LogP contribution in [0.25, 0.3) is 0 Å². The Balaban J connectivity index is 1.32. The molecule has 5 heteroatoms. The molecule has 0 radical (unpaired) electrons. The SMILES string of the molecule is C=CCO[C@@H]1CCC2(C)C(C1)C[C@@H](OCC=C)C1[C@@H]2C[C@H](OCC=C)[C@]2(C)[C@@H](C(C)CCC(=O)N(CCCCCCCC)Cc3ccccc3)CC[C@@H]12. The maximum atomic E-state index is 14.0. The summed E-state index contributed by atoms with van der Waals surface area (Å²) in [4.78, 5) is 16.2. The molecule has 1 aromatic carbocycles. The van der Waals surface area contributed by atoms with Gasteiger partial charge in [0.25, 0.3) is 0 Å². The molecule has 4 unspecified atom stereocenters. The predicted molar refractivity (Wildman–Crippen MR) is 219 cm³/mol. The summed E-state index contributed by atoms with van der Waals surface area (Å²) in [6.45, 7) is 25.3. The van der Waals surface area contributed by atoms with Gasteiger partial charge in [0.05, 0.1) is 38.1 Å². The second kappa shape index (κ2) is 20.1. The fraction of sp³-hybridized carbons (Fsp3) is 0.729. The first-order valence-electron chi connectivity index (χ1n) is 21.7. The van der Waals surface area contributed by atoms with Crippen LogP contribution in [-0.4, -0.2) is 55.5 Å². The Bertz CT molecular complexity index is 1300. The maximum absolute atomic E-state index is 14.0. The lowest BCUT2D eigenvalue weighted by atomic mass is 9.43. The molecule has 53 heavy (non-hydrogen) atoms. The number of amides is 1. The first-order chi connectivity index (χ1) is 25.7. The number of carbonyl (C=O) groups excluding carboxylic acids is 1. The first-order valence-corrected chi connectivity index (χ1v) is 21.7. The van der Waals surface area contributed by atoms with E-state index >= 15 is 0 Å². The molecule has 0 saturated heterocycles. The van der Waals surface area contributed by atoms with Crippen LogP contribution in [-0.2, 0) is 25.5 Å². The number of hydrogen-bond acceptors (Lipinski definition) is 4. The molecular formula is C48H75NO4. The van der Waals surface area contributed by atoms with Crippen molar-refractivity contribution in [3.05, 3.63) is 73.9 Å². The van der Waals surface area contributed by atoms with Gasteiger partial charge >= 0.3 is 0 Å². The van der Waals surface area contributed by atoms with Crippen molar-refractivity contribution in [3.8, 4) is 0 Å². The van der Waals surface area contributed by atoms with E-state index in [4.69, 9.17) is 14.2 Å². The van der Waals surface area contributed by atoms with Crippen molar-refractivity contribution in [2.75, 3.05) is 26.4 Å². The molecule has 4 saturated carbocycles. The third kappa shape index (κ3) is 9.79. The molecule has 1 aromatic rings. The lowest BCUT2D eigenvalue weighted by Gasteiger charge is -2.64. The van der Waals surface area contributed by atoms with Crippen LogP contribution in [0, 0.1) is 46.3 Å². The van der Waals surface area contributed by atoms with E-state index in [9.17, 15) is 4.79 Å². The summed E-state index contributed by atoms with van der Waals surface area (Å²) in [6, 6.07) is 10.6. The van der Waals surface area contributed by atoms with Gasteiger partial charge in [-0.2, -0.15) is 0 Å². The summed E-state index contributed by atoms with van der Waals surface area (Å²) in [7, 11) is 0. The Labute approximate surface area is 324 Å². The zero-order valence-electron chi connectivity index (χ0n) is 34.2. The van der Waals surface area contributed by atoms with E-state index in [-0.39, 0.29) is 23.0 Å². The second-order valence-electron chi connectivity index (χ2n) is 17.9. The fourth-order valence-electron chi connectivity index (χ4n) is 12.1. The van der Waals surface area contributed by atoms with E-state index in [1.54, 1.807) is 0 Å². The summed E-state index contributed by atoms with van der Waals surface area (Å²) in [5.41, 5.74) is 1.50. The van der Waals surface area contributed by atoms with Crippen LogP contribution in [0.3, 0.4) is 0 Å². The van der Waals surface area contributed by atoms with Crippen LogP contribution in [0.4, 0.5) is 0 Å².